The van der Waals surface area contributed by atoms with Crippen LogP contribution in [0.4, 0.5) is 0 Å². The maximum atomic E-state index is 5.00. The van der Waals surface area contributed by atoms with Crippen LogP contribution in [-0.4, -0.2) is 15.0 Å². The predicted molar refractivity (Wildman–Crippen MR) is 199 cm³/mol. The van der Waals surface area contributed by atoms with Gasteiger partial charge in [-0.05, 0) is 56.6 Å². The molecule has 0 radical (unpaired) electrons. The lowest BCUT2D eigenvalue weighted by Gasteiger charge is -2.34. The van der Waals surface area contributed by atoms with Crippen LogP contribution in [-0.2, 0) is 5.41 Å². The van der Waals surface area contributed by atoms with E-state index in [4.69, 9.17) is 15.0 Å². The van der Waals surface area contributed by atoms with Gasteiger partial charge < -0.3 is 0 Å². The van der Waals surface area contributed by atoms with Crippen LogP contribution in [0.1, 0.15) is 22.3 Å². The number of benzene rings is 7. The molecule has 8 aromatic rings. The first-order valence-corrected chi connectivity index (χ1v) is 16.6. The smallest absolute Gasteiger partial charge is 0.164 e. The highest BCUT2D eigenvalue weighted by molar-refractivity contribution is 5.88. The number of hydrogen-bond acceptors (Lipinski definition) is 3. The average Bonchev–Trinajstić information content (AvgIpc) is 3.49. The highest BCUT2D eigenvalue weighted by atomic mass is 15.0. The monoisotopic (exact) mass is 625 g/mol. The minimum atomic E-state index is -0.453. The van der Waals surface area contributed by atoms with Crippen LogP contribution in [0.3, 0.4) is 0 Å². The zero-order valence-electron chi connectivity index (χ0n) is 26.7. The third-order valence-electron chi connectivity index (χ3n) is 9.61. The molecule has 0 amide bonds. The number of hydrogen-bond donors (Lipinski definition) is 0. The summed E-state index contributed by atoms with van der Waals surface area (Å²) in [5, 5.41) is 0. The second kappa shape index (κ2) is 12.0. The summed E-state index contributed by atoms with van der Waals surface area (Å²) in [5.74, 6) is 1.95. The number of fused-ring (bicyclic) bond motifs is 3. The molecule has 1 heterocycles. The topological polar surface area (TPSA) is 38.7 Å². The summed E-state index contributed by atoms with van der Waals surface area (Å²) in [6.45, 7) is 0. The lowest BCUT2D eigenvalue weighted by molar-refractivity contribution is 0.769. The average molecular weight is 626 g/mol. The van der Waals surface area contributed by atoms with Gasteiger partial charge >= 0.3 is 0 Å². The van der Waals surface area contributed by atoms with Crippen molar-refractivity contribution >= 4 is 0 Å². The van der Waals surface area contributed by atoms with Gasteiger partial charge in [0.2, 0.25) is 0 Å². The zero-order valence-corrected chi connectivity index (χ0v) is 26.7. The Kier molecular flexibility index (Phi) is 7.02. The van der Waals surface area contributed by atoms with E-state index in [1.54, 1.807) is 0 Å². The lowest BCUT2D eigenvalue weighted by atomic mass is 9.67. The molecule has 0 bridgehead atoms. The maximum Gasteiger partial charge on any atom is 0.164 e. The Morgan fingerprint density at radius 1 is 0.286 bits per heavy atom. The molecule has 0 saturated carbocycles. The van der Waals surface area contributed by atoms with Crippen molar-refractivity contribution in [1.82, 2.24) is 15.0 Å². The molecule has 1 aliphatic carbocycles. The Labute approximate surface area is 286 Å². The van der Waals surface area contributed by atoms with E-state index >= 15 is 0 Å². The highest BCUT2D eigenvalue weighted by Gasteiger charge is 2.46. The van der Waals surface area contributed by atoms with E-state index in [0.717, 1.165) is 27.8 Å². The Morgan fingerprint density at radius 3 is 1.31 bits per heavy atom. The fourth-order valence-electron chi connectivity index (χ4n) is 7.40. The summed E-state index contributed by atoms with van der Waals surface area (Å²) in [6.07, 6.45) is 0. The predicted octanol–water partition coefficient (Wildman–Crippen LogP) is 10.9. The Morgan fingerprint density at radius 2 is 0.714 bits per heavy atom. The van der Waals surface area contributed by atoms with Gasteiger partial charge in [-0.15, -0.1) is 0 Å². The van der Waals surface area contributed by atoms with Crippen LogP contribution in [0.2, 0.25) is 0 Å². The van der Waals surface area contributed by atoms with Crippen LogP contribution in [0.25, 0.3) is 56.4 Å². The van der Waals surface area contributed by atoms with Gasteiger partial charge in [-0.25, -0.2) is 15.0 Å². The molecular formula is C46H31N3. The first-order valence-electron chi connectivity index (χ1n) is 16.6. The first-order chi connectivity index (χ1) is 24.3. The molecule has 0 unspecified atom stereocenters. The third kappa shape index (κ3) is 4.87. The standard InChI is InChI=1S/C46H31N3/c1-5-16-32(17-6-1)43-47-44(33-18-7-2-8-19-33)49-45(48-43)36-21-15-20-34(30-36)35-28-29-40-39-26-13-14-27-41(39)46(42(40)31-35,37-22-9-3-10-23-37)38-24-11-4-12-25-38/h1-31H. The molecule has 7 aromatic carbocycles. The van der Waals surface area contributed by atoms with Crippen molar-refractivity contribution in [2.75, 3.05) is 0 Å². The fourth-order valence-corrected chi connectivity index (χ4v) is 7.40. The van der Waals surface area contributed by atoms with Crippen molar-refractivity contribution in [1.29, 1.82) is 0 Å². The second-order valence-corrected chi connectivity index (χ2v) is 12.4. The summed E-state index contributed by atoms with van der Waals surface area (Å²) < 4.78 is 0. The molecule has 9 rings (SSSR count). The molecule has 0 saturated heterocycles. The molecule has 0 aliphatic heterocycles. The summed E-state index contributed by atoms with van der Waals surface area (Å²) in [6, 6.07) is 66.5. The van der Waals surface area contributed by atoms with Gasteiger partial charge in [0, 0.05) is 16.7 Å². The first kappa shape index (κ1) is 28.7. The largest absolute Gasteiger partial charge is 0.208 e. The molecule has 3 nitrogen and oxygen atoms in total. The van der Waals surface area contributed by atoms with E-state index in [9.17, 15) is 0 Å². The van der Waals surface area contributed by atoms with Crippen molar-refractivity contribution in [2.45, 2.75) is 5.41 Å². The van der Waals surface area contributed by atoms with Crippen molar-refractivity contribution in [2.24, 2.45) is 0 Å². The van der Waals surface area contributed by atoms with E-state index in [-0.39, 0.29) is 0 Å². The Hall–Kier alpha value is -6.45. The van der Waals surface area contributed by atoms with E-state index in [0.29, 0.717) is 17.5 Å². The molecule has 3 heteroatoms. The van der Waals surface area contributed by atoms with Crippen molar-refractivity contribution in [3.63, 3.8) is 0 Å². The van der Waals surface area contributed by atoms with E-state index in [1.807, 2.05) is 60.7 Å². The lowest BCUT2D eigenvalue weighted by Crippen LogP contribution is -2.28. The van der Waals surface area contributed by atoms with Gasteiger partial charge in [0.25, 0.3) is 0 Å². The molecule has 230 valence electrons. The molecule has 1 aliphatic rings. The zero-order chi connectivity index (χ0) is 32.6. The molecule has 49 heavy (non-hydrogen) atoms. The Balaban J connectivity index is 1.22. The quantitative estimate of drug-likeness (QED) is 0.185. The van der Waals surface area contributed by atoms with E-state index in [2.05, 4.69) is 127 Å². The fraction of sp³-hybridized carbons (Fsp3) is 0.0217. The van der Waals surface area contributed by atoms with Gasteiger partial charge in [-0.3, -0.25) is 0 Å². The van der Waals surface area contributed by atoms with Gasteiger partial charge in [-0.1, -0.05) is 176 Å². The minimum absolute atomic E-state index is 0.453. The minimum Gasteiger partial charge on any atom is -0.208 e. The van der Waals surface area contributed by atoms with Crippen LogP contribution in [0.15, 0.2) is 188 Å². The number of rotatable bonds is 6. The van der Waals surface area contributed by atoms with Crippen LogP contribution < -0.4 is 0 Å². The second-order valence-electron chi connectivity index (χ2n) is 12.4. The SMILES string of the molecule is c1ccc(-c2nc(-c3ccccc3)nc(-c3cccc(-c4ccc5c(c4)C(c4ccccc4)(c4ccccc4)c4ccccc4-5)c3)n2)cc1. The summed E-state index contributed by atoms with van der Waals surface area (Å²) in [4.78, 5) is 14.9. The highest BCUT2D eigenvalue weighted by Crippen LogP contribution is 2.56. The molecular weight excluding hydrogens is 595 g/mol. The van der Waals surface area contributed by atoms with E-state index < -0.39 is 5.41 Å². The summed E-state index contributed by atoms with van der Waals surface area (Å²) in [7, 11) is 0. The van der Waals surface area contributed by atoms with Gasteiger partial charge in [0.15, 0.2) is 17.5 Å². The van der Waals surface area contributed by atoms with E-state index in [1.165, 1.54) is 33.4 Å². The third-order valence-corrected chi connectivity index (χ3v) is 9.61. The molecule has 1 aromatic heterocycles. The number of nitrogens with zero attached hydrogens (tertiary/aromatic N) is 3. The molecule has 0 spiro atoms. The van der Waals surface area contributed by atoms with Crippen LogP contribution in [0.5, 0.6) is 0 Å². The van der Waals surface area contributed by atoms with Crippen molar-refractivity contribution < 1.29 is 0 Å². The Bertz CT molecular complexity index is 2320. The number of aromatic nitrogens is 3. The summed E-state index contributed by atoms with van der Waals surface area (Å²) >= 11 is 0. The molecule has 0 fully saturated rings. The van der Waals surface area contributed by atoms with Crippen LogP contribution in [0, 0.1) is 0 Å². The molecule has 0 atom stereocenters. The van der Waals surface area contributed by atoms with Crippen LogP contribution >= 0.6 is 0 Å². The van der Waals surface area contributed by atoms with Gasteiger partial charge in [0.1, 0.15) is 0 Å². The van der Waals surface area contributed by atoms with Crippen molar-refractivity contribution in [3.8, 4) is 56.4 Å². The summed E-state index contributed by atoms with van der Waals surface area (Å²) in [5.41, 5.74) is 12.3. The maximum absolute atomic E-state index is 5.00. The molecule has 0 N–H and O–H groups in total. The normalized spacial score (nSPS) is 12.7. The van der Waals surface area contributed by atoms with Gasteiger partial charge in [0.05, 0.1) is 5.41 Å². The van der Waals surface area contributed by atoms with Gasteiger partial charge in [-0.2, -0.15) is 0 Å². The van der Waals surface area contributed by atoms with Crippen molar-refractivity contribution in [3.05, 3.63) is 210 Å².